The predicted molar refractivity (Wildman–Crippen MR) is 89.2 cm³/mol. The van der Waals surface area contributed by atoms with Crippen molar-refractivity contribution in [1.82, 2.24) is 10.2 Å². The first-order valence-electron chi connectivity index (χ1n) is 8.77. The average Bonchev–Trinajstić information content (AvgIpc) is 3.07. The first kappa shape index (κ1) is 17.9. The molecule has 2 N–H and O–H groups in total. The zero-order valence-corrected chi connectivity index (χ0v) is 14.5. The van der Waals surface area contributed by atoms with Crippen LogP contribution < -0.4 is 5.32 Å². The maximum Gasteiger partial charge on any atom is 0.257 e. The van der Waals surface area contributed by atoms with Crippen molar-refractivity contribution in [3.05, 3.63) is 0 Å². The van der Waals surface area contributed by atoms with Gasteiger partial charge in [-0.1, -0.05) is 13.3 Å². The third-order valence-electron chi connectivity index (χ3n) is 4.91. The number of aliphatic imine (C=N–C) groups is 1. The first-order valence-corrected chi connectivity index (χ1v) is 8.77. The molecule has 0 radical (unpaired) electrons. The molecule has 1 aliphatic heterocycles. The molecule has 0 bridgehead atoms. The van der Waals surface area contributed by atoms with Gasteiger partial charge < -0.3 is 10.4 Å². The number of hydrogen-bond acceptors (Lipinski definition) is 4. The molecule has 6 nitrogen and oxygen atoms in total. The fourth-order valence-electron chi connectivity index (χ4n) is 3.37. The summed E-state index contributed by atoms with van der Waals surface area (Å²) in [6.45, 7) is 6.53. The second-order valence-corrected chi connectivity index (χ2v) is 6.88. The van der Waals surface area contributed by atoms with Crippen molar-refractivity contribution in [3.8, 4) is 0 Å². The van der Waals surface area contributed by atoms with Crippen molar-refractivity contribution in [2.24, 2.45) is 4.99 Å². The predicted octanol–water partition coefficient (Wildman–Crippen LogP) is 1.62. The van der Waals surface area contributed by atoms with Crippen LogP contribution in [0.25, 0.3) is 0 Å². The van der Waals surface area contributed by atoms with Gasteiger partial charge in [-0.15, -0.1) is 0 Å². The highest BCUT2D eigenvalue weighted by Crippen LogP contribution is 2.30. The summed E-state index contributed by atoms with van der Waals surface area (Å²) >= 11 is 0. The lowest BCUT2D eigenvalue weighted by Gasteiger charge is -2.25. The Kier molecular flexibility index (Phi) is 5.45. The normalized spacial score (nSPS) is 26.5. The van der Waals surface area contributed by atoms with Gasteiger partial charge in [0.25, 0.3) is 11.8 Å². The van der Waals surface area contributed by atoms with Crippen LogP contribution in [0.1, 0.15) is 65.7 Å². The summed E-state index contributed by atoms with van der Waals surface area (Å²) < 4.78 is 0. The van der Waals surface area contributed by atoms with E-state index in [1.807, 2.05) is 6.92 Å². The van der Waals surface area contributed by atoms with Crippen molar-refractivity contribution in [2.75, 3.05) is 13.1 Å². The molecule has 1 aliphatic carbocycles. The van der Waals surface area contributed by atoms with E-state index in [1.54, 1.807) is 11.8 Å². The van der Waals surface area contributed by atoms with Gasteiger partial charge in [0.2, 0.25) is 0 Å². The Morgan fingerprint density at radius 1 is 1.35 bits per heavy atom. The molecular weight excluding hydrogens is 294 g/mol. The van der Waals surface area contributed by atoms with E-state index in [4.69, 9.17) is 0 Å². The van der Waals surface area contributed by atoms with Gasteiger partial charge in [-0.3, -0.25) is 19.5 Å². The van der Waals surface area contributed by atoms with Crippen LogP contribution in [0.4, 0.5) is 0 Å². The Hall–Kier alpha value is -1.43. The molecule has 6 heteroatoms. The molecule has 0 aromatic carbocycles. The minimum absolute atomic E-state index is 0.0650. The SMILES string of the molecule is CCCCC1=NC(C)(CNC(=O)C2(O)CCCC2)C(=O)N1CC. The van der Waals surface area contributed by atoms with Gasteiger partial charge >= 0.3 is 0 Å². The van der Waals surface area contributed by atoms with E-state index in [0.29, 0.717) is 19.4 Å². The maximum atomic E-state index is 12.6. The molecule has 2 rings (SSSR count). The minimum Gasteiger partial charge on any atom is -0.380 e. The van der Waals surface area contributed by atoms with E-state index < -0.39 is 11.1 Å². The third-order valence-corrected chi connectivity index (χ3v) is 4.91. The molecule has 2 aliphatic rings. The fraction of sp³-hybridized carbons (Fsp3) is 0.824. The first-order chi connectivity index (χ1) is 10.9. The van der Waals surface area contributed by atoms with E-state index in [2.05, 4.69) is 17.2 Å². The smallest absolute Gasteiger partial charge is 0.257 e. The molecule has 1 fully saturated rings. The molecule has 1 saturated carbocycles. The highest BCUT2D eigenvalue weighted by molar-refractivity contribution is 6.08. The second kappa shape index (κ2) is 6.99. The Balaban J connectivity index is 2.03. The minimum atomic E-state index is -1.27. The van der Waals surface area contributed by atoms with Crippen molar-refractivity contribution >= 4 is 17.6 Å². The molecule has 23 heavy (non-hydrogen) atoms. The molecule has 1 atom stereocenters. The van der Waals surface area contributed by atoms with Crippen LogP contribution in [-0.4, -0.2) is 51.9 Å². The summed E-state index contributed by atoms with van der Waals surface area (Å²) in [5.41, 5.74) is -2.22. The van der Waals surface area contributed by atoms with Crippen molar-refractivity contribution in [1.29, 1.82) is 0 Å². The number of aliphatic hydroxyl groups is 1. The van der Waals surface area contributed by atoms with Gasteiger partial charge in [0.15, 0.2) is 5.54 Å². The largest absolute Gasteiger partial charge is 0.380 e. The van der Waals surface area contributed by atoms with E-state index in [9.17, 15) is 14.7 Å². The molecule has 0 aromatic heterocycles. The van der Waals surface area contributed by atoms with Crippen molar-refractivity contribution in [3.63, 3.8) is 0 Å². The van der Waals surface area contributed by atoms with Crippen LogP contribution in [0.15, 0.2) is 4.99 Å². The number of nitrogens with one attached hydrogen (secondary N) is 1. The summed E-state index contributed by atoms with van der Waals surface area (Å²) in [5.74, 6) is 0.379. The monoisotopic (exact) mass is 323 g/mol. The number of unbranched alkanes of at least 4 members (excludes halogenated alkanes) is 1. The number of hydrogen-bond donors (Lipinski definition) is 2. The summed E-state index contributed by atoms with van der Waals surface area (Å²) in [5, 5.41) is 13.1. The van der Waals surface area contributed by atoms with E-state index in [-0.39, 0.29) is 18.4 Å². The van der Waals surface area contributed by atoms with Crippen LogP contribution in [0, 0.1) is 0 Å². The lowest BCUT2D eigenvalue weighted by atomic mass is 9.99. The third kappa shape index (κ3) is 3.57. The molecule has 1 heterocycles. The van der Waals surface area contributed by atoms with Gasteiger partial charge in [0, 0.05) is 13.0 Å². The number of carbonyl (C=O) groups excluding carboxylic acids is 2. The molecular formula is C17H29N3O3. The lowest BCUT2D eigenvalue weighted by molar-refractivity contribution is -0.139. The number of nitrogens with zero attached hydrogens (tertiary/aromatic N) is 2. The lowest BCUT2D eigenvalue weighted by Crippen LogP contribution is -2.52. The molecule has 130 valence electrons. The van der Waals surface area contributed by atoms with Gasteiger partial charge in [0.05, 0.1) is 6.54 Å². The highest BCUT2D eigenvalue weighted by Gasteiger charge is 2.45. The Bertz CT molecular complexity index is 497. The zero-order valence-electron chi connectivity index (χ0n) is 14.5. The summed E-state index contributed by atoms with van der Waals surface area (Å²) in [4.78, 5) is 31.2. The maximum absolute atomic E-state index is 12.6. The van der Waals surface area contributed by atoms with Crippen LogP contribution in [-0.2, 0) is 9.59 Å². The number of likely N-dealkylation sites (N-methyl/N-ethyl adjacent to an activating group) is 1. The van der Waals surface area contributed by atoms with Gasteiger partial charge in [0.1, 0.15) is 11.4 Å². The zero-order chi connectivity index (χ0) is 17.1. The van der Waals surface area contributed by atoms with Crippen LogP contribution in [0.2, 0.25) is 0 Å². The molecule has 2 amide bonds. The molecule has 0 spiro atoms. The highest BCUT2D eigenvalue weighted by atomic mass is 16.3. The van der Waals surface area contributed by atoms with Crippen molar-refractivity contribution in [2.45, 2.75) is 76.9 Å². The Morgan fingerprint density at radius 2 is 2.00 bits per heavy atom. The topological polar surface area (TPSA) is 82.0 Å². The van der Waals surface area contributed by atoms with Gasteiger partial charge in [-0.25, -0.2) is 0 Å². The fourth-order valence-corrected chi connectivity index (χ4v) is 3.37. The van der Waals surface area contributed by atoms with E-state index in [1.165, 1.54) is 0 Å². The van der Waals surface area contributed by atoms with E-state index in [0.717, 1.165) is 37.9 Å². The molecule has 0 aromatic rings. The summed E-state index contributed by atoms with van der Waals surface area (Å²) in [7, 11) is 0. The van der Waals surface area contributed by atoms with Crippen LogP contribution in [0.5, 0.6) is 0 Å². The summed E-state index contributed by atoms with van der Waals surface area (Å²) in [6, 6.07) is 0. The standard InChI is InChI=1S/C17H29N3O3/c1-4-6-9-13-19-16(3,15(22)20(13)5-2)12-18-14(21)17(23)10-7-8-11-17/h23H,4-12H2,1-3H3,(H,18,21). The van der Waals surface area contributed by atoms with Crippen LogP contribution in [0.3, 0.4) is 0 Å². The van der Waals surface area contributed by atoms with E-state index >= 15 is 0 Å². The van der Waals surface area contributed by atoms with Crippen LogP contribution >= 0.6 is 0 Å². The molecule has 1 unspecified atom stereocenters. The number of amidine groups is 1. The van der Waals surface area contributed by atoms with Gasteiger partial charge in [-0.05, 0) is 46.0 Å². The summed E-state index contributed by atoms with van der Waals surface area (Å²) in [6.07, 6.45) is 5.54. The quantitative estimate of drug-likeness (QED) is 0.747. The Morgan fingerprint density at radius 3 is 2.57 bits per heavy atom. The average molecular weight is 323 g/mol. The van der Waals surface area contributed by atoms with Crippen molar-refractivity contribution < 1.29 is 14.7 Å². The van der Waals surface area contributed by atoms with Gasteiger partial charge in [-0.2, -0.15) is 0 Å². The Labute approximate surface area is 138 Å². The molecule has 0 saturated heterocycles. The second-order valence-electron chi connectivity index (χ2n) is 6.88. The number of carbonyl (C=O) groups is 2. The number of amides is 2. The number of rotatable bonds is 7.